The molecule has 0 unspecified atom stereocenters. The van der Waals surface area contributed by atoms with E-state index in [9.17, 15) is 19.5 Å². The summed E-state index contributed by atoms with van der Waals surface area (Å²) in [4.78, 5) is 44.7. The number of aromatic nitrogens is 2. The van der Waals surface area contributed by atoms with Gasteiger partial charge in [-0.1, -0.05) is 48.9 Å². The van der Waals surface area contributed by atoms with Crippen molar-refractivity contribution in [1.82, 2.24) is 14.7 Å². The lowest BCUT2D eigenvalue weighted by molar-refractivity contribution is -0.150. The van der Waals surface area contributed by atoms with Gasteiger partial charge in [0.15, 0.2) is 5.60 Å². The molecule has 1 spiro atoms. The summed E-state index contributed by atoms with van der Waals surface area (Å²) in [5.74, 6) is -1.09. The zero-order chi connectivity index (χ0) is 34.0. The number of fused-ring (bicyclic) bond motifs is 3. The number of likely N-dealkylation sites (tertiary alicyclic amines) is 1. The molecule has 12 heteroatoms. The molecule has 1 N–H and O–H groups in total. The molecular formula is C36H38ClFN4O5Si. The molecule has 3 aliphatic rings. The number of ether oxygens (including phenoxy) is 1. The van der Waals surface area contributed by atoms with Crippen molar-refractivity contribution >= 4 is 48.3 Å². The number of hydrogen-bond donors (Lipinski definition) is 1. The number of nitrogens with zero attached hydrogens (tertiary/aromatic N) is 4. The third kappa shape index (κ3) is 5.28. The summed E-state index contributed by atoms with van der Waals surface area (Å²) in [6.07, 6.45) is 2.29. The first-order valence-corrected chi connectivity index (χ1v) is 19.7. The van der Waals surface area contributed by atoms with Crippen LogP contribution in [-0.2, 0) is 26.5 Å². The van der Waals surface area contributed by atoms with Crippen molar-refractivity contribution in [1.29, 1.82) is 0 Å². The molecule has 4 heterocycles. The number of anilines is 1. The summed E-state index contributed by atoms with van der Waals surface area (Å²) in [5.41, 5.74) is 0.201. The first-order valence-electron chi connectivity index (χ1n) is 16.4. The van der Waals surface area contributed by atoms with E-state index in [0.29, 0.717) is 33.9 Å². The van der Waals surface area contributed by atoms with Crippen LogP contribution in [0.25, 0.3) is 16.5 Å². The van der Waals surface area contributed by atoms with Gasteiger partial charge in [-0.05, 0) is 67.9 Å². The highest BCUT2D eigenvalue weighted by Crippen LogP contribution is 2.60. The molecule has 4 aromatic rings. The molecule has 0 aliphatic carbocycles. The minimum absolute atomic E-state index is 0.0690. The Morgan fingerprint density at radius 3 is 2.60 bits per heavy atom. The molecule has 48 heavy (non-hydrogen) atoms. The minimum Gasteiger partial charge on any atom is -0.394 e. The van der Waals surface area contributed by atoms with Gasteiger partial charge in [-0.2, -0.15) is 9.78 Å². The Morgan fingerprint density at radius 1 is 1.12 bits per heavy atom. The standard InChI is InChI=1S/C36H38ClFN4O5Si/c1-22-33(48(2,3)38)31(18-32(44)40-16-6-8-27(40)21-43)47-36(22)29-17-25(37)12-15-30(29)41(35(36)46)20-23-10-13-26(14-11-23)42-34(45)28-9-5-4-7-24(28)19-39-42/h4-5,7,9-15,17,19,22,27,31,33,43H,6,8,16,18,20-21H2,1-3H3/t22-,27+,31+,33-,36+/m1/s1. The van der Waals surface area contributed by atoms with Crippen molar-refractivity contribution in [2.75, 3.05) is 18.1 Å². The van der Waals surface area contributed by atoms with Gasteiger partial charge in [-0.3, -0.25) is 14.4 Å². The molecule has 2 saturated heterocycles. The van der Waals surface area contributed by atoms with Gasteiger partial charge in [0.1, 0.15) is 0 Å². The highest BCUT2D eigenvalue weighted by atomic mass is 35.5. The summed E-state index contributed by atoms with van der Waals surface area (Å²) in [6.45, 7) is 5.67. The number of halogens is 2. The first kappa shape index (κ1) is 32.6. The fraction of sp³-hybridized carbons (Fsp3) is 0.389. The largest absolute Gasteiger partial charge is 0.394 e. The summed E-state index contributed by atoms with van der Waals surface area (Å²) < 4.78 is 24.3. The van der Waals surface area contributed by atoms with Crippen LogP contribution in [0.4, 0.5) is 9.80 Å². The molecule has 2 amide bonds. The number of aliphatic hydroxyl groups is 1. The normalized spacial score (nSPS) is 25.4. The molecule has 250 valence electrons. The average molecular weight is 689 g/mol. The summed E-state index contributed by atoms with van der Waals surface area (Å²) >= 11 is 6.51. The topological polar surface area (TPSA) is 105 Å². The molecule has 2 fully saturated rings. The maximum Gasteiger partial charge on any atom is 0.279 e. The van der Waals surface area contributed by atoms with Crippen molar-refractivity contribution in [2.45, 2.75) is 69.1 Å². The highest BCUT2D eigenvalue weighted by Gasteiger charge is 2.67. The predicted molar refractivity (Wildman–Crippen MR) is 184 cm³/mol. The number of rotatable bonds is 7. The van der Waals surface area contributed by atoms with Gasteiger partial charge in [0.2, 0.25) is 14.3 Å². The van der Waals surface area contributed by atoms with E-state index in [2.05, 4.69) is 5.10 Å². The SMILES string of the molecule is C[C@@H]1[C@@H]([Si](C)(C)F)[C@H](CC(=O)N2CCC[C@H]2CO)O[C@@]12C(=O)N(Cc1ccc(-n3ncc4ccccc4c3=O)cc1)c1ccc(Cl)cc12. The zero-order valence-electron chi connectivity index (χ0n) is 27.1. The van der Waals surface area contributed by atoms with E-state index >= 15 is 4.11 Å². The van der Waals surface area contributed by atoms with E-state index in [1.165, 1.54) is 4.68 Å². The minimum atomic E-state index is -3.48. The molecule has 9 nitrogen and oxygen atoms in total. The van der Waals surface area contributed by atoms with E-state index in [0.717, 1.165) is 23.8 Å². The van der Waals surface area contributed by atoms with Gasteiger partial charge in [0.25, 0.3) is 11.5 Å². The summed E-state index contributed by atoms with van der Waals surface area (Å²) in [6, 6.07) is 19.5. The lowest BCUT2D eigenvalue weighted by Crippen LogP contribution is -2.45. The van der Waals surface area contributed by atoms with Crippen LogP contribution >= 0.6 is 11.6 Å². The number of hydrogen-bond acceptors (Lipinski definition) is 6. The van der Waals surface area contributed by atoms with Gasteiger partial charge in [-0.15, -0.1) is 0 Å². The fourth-order valence-electron chi connectivity index (χ4n) is 8.22. The maximum atomic E-state index is 16.2. The molecular weight excluding hydrogens is 651 g/mol. The Labute approximate surface area is 284 Å². The quantitative estimate of drug-likeness (QED) is 0.196. The number of carbonyl (C=O) groups excluding carboxylic acids is 2. The lowest BCUT2D eigenvalue weighted by atomic mass is 9.82. The third-order valence-electron chi connectivity index (χ3n) is 10.4. The van der Waals surface area contributed by atoms with E-state index in [4.69, 9.17) is 16.3 Å². The van der Waals surface area contributed by atoms with Crippen LogP contribution in [0.15, 0.2) is 77.7 Å². The van der Waals surface area contributed by atoms with Crippen LogP contribution < -0.4 is 10.5 Å². The van der Waals surface area contributed by atoms with Gasteiger partial charge in [-0.25, -0.2) is 0 Å². The average Bonchev–Trinajstić information content (AvgIpc) is 3.72. The highest BCUT2D eigenvalue weighted by molar-refractivity contribution is 6.72. The monoisotopic (exact) mass is 688 g/mol. The molecule has 3 aliphatic heterocycles. The molecule has 0 saturated carbocycles. The van der Waals surface area contributed by atoms with Crippen molar-refractivity contribution in [3.63, 3.8) is 0 Å². The third-order valence-corrected chi connectivity index (χ3v) is 13.1. The van der Waals surface area contributed by atoms with E-state index in [1.807, 2.05) is 37.3 Å². The predicted octanol–water partition coefficient (Wildman–Crippen LogP) is 5.73. The van der Waals surface area contributed by atoms with Gasteiger partial charge in [0, 0.05) is 34.0 Å². The number of aliphatic hydroxyl groups excluding tert-OH is 1. The van der Waals surface area contributed by atoms with Gasteiger partial charge < -0.3 is 23.8 Å². The molecule has 7 rings (SSSR count). The van der Waals surface area contributed by atoms with Crippen molar-refractivity contribution in [2.24, 2.45) is 5.92 Å². The van der Waals surface area contributed by atoms with E-state index in [1.54, 1.807) is 65.5 Å². The first-order chi connectivity index (χ1) is 22.9. The lowest BCUT2D eigenvalue weighted by Gasteiger charge is -2.31. The number of benzene rings is 3. The van der Waals surface area contributed by atoms with Crippen LogP contribution in [0.5, 0.6) is 0 Å². The van der Waals surface area contributed by atoms with Crippen LogP contribution in [0.1, 0.15) is 37.3 Å². The van der Waals surface area contributed by atoms with Crippen molar-refractivity contribution in [3.8, 4) is 5.69 Å². The van der Waals surface area contributed by atoms with Crippen molar-refractivity contribution < 1.29 is 23.5 Å². The van der Waals surface area contributed by atoms with Crippen LogP contribution in [0, 0.1) is 5.92 Å². The Kier molecular flexibility index (Phi) is 8.30. The summed E-state index contributed by atoms with van der Waals surface area (Å²) in [7, 11) is -3.48. The number of amides is 2. The molecule has 5 atom stereocenters. The Bertz CT molecular complexity index is 1970. The van der Waals surface area contributed by atoms with Gasteiger partial charge >= 0.3 is 0 Å². The number of carbonyl (C=O) groups is 2. The smallest absolute Gasteiger partial charge is 0.279 e. The Balaban J connectivity index is 1.21. The van der Waals surface area contributed by atoms with E-state index in [-0.39, 0.29) is 43.0 Å². The second-order valence-electron chi connectivity index (χ2n) is 13.7. The molecule has 0 radical (unpaired) electrons. The second kappa shape index (κ2) is 12.2. The summed E-state index contributed by atoms with van der Waals surface area (Å²) in [5, 5.41) is 15.9. The maximum absolute atomic E-state index is 16.2. The fourth-order valence-corrected chi connectivity index (χ4v) is 10.9. The molecule has 3 aromatic carbocycles. The van der Waals surface area contributed by atoms with Gasteiger partial charge in [0.05, 0.1) is 54.7 Å². The van der Waals surface area contributed by atoms with Crippen LogP contribution in [0.2, 0.25) is 23.7 Å². The Morgan fingerprint density at radius 2 is 1.88 bits per heavy atom. The van der Waals surface area contributed by atoms with E-state index < -0.39 is 31.6 Å². The van der Waals surface area contributed by atoms with Crippen molar-refractivity contribution in [3.05, 3.63) is 99.4 Å². The molecule has 0 bridgehead atoms. The van der Waals surface area contributed by atoms with Crippen LogP contribution in [-0.4, -0.2) is 65.3 Å². The molecule has 1 aromatic heterocycles. The second-order valence-corrected chi connectivity index (χ2v) is 17.9. The Hall–Kier alpha value is -3.90. The van der Waals surface area contributed by atoms with Crippen LogP contribution in [0.3, 0.4) is 0 Å². The zero-order valence-corrected chi connectivity index (χ0v) is 28.9.